The van der Waals surface area contributed by atoms with E-state index >= 15 is 0 Å². The number of amides is 1. The van der Waals surface area contributed by atoms with E-state index < -0.39 is 12.3 Å². The maximum atomic E-state index is 12.2. The van der Waals surface area contributed by atoms with Gasteiger partial charge in [-0.1, -0.05) is 12.1 Å². The first-order chi connectivity index (χ1) is 11.4. The zero-order valence-corrected chi connectivity index (χ0v) is 12.2. The summed E-state index contributed by atoms with van der Waals surface area (Å²) < 4.78 is 40.3. The van der Waals surface area contributed by atoms with Crippen LogP contribution in [0.1, 0.15) is 5.56 Å². The van der Waals surface area contributed by atoms with E-state index in [4.69, 9.17) is 5.26 Å². The number of rotatable bonds is 5. The molecule has 2 aromatic carbocycles. The molecule has 2 N–H and O–H groups in total. The number of nitriles is 1. The molecule has 0 saturated carbocycles. The van der Waals surface area contributed by atoms with Gasteiger partial charge in [0.25, 0.3) is 0 Å². The molecule has 124 valence electrons. The van der Waals surface area contributed by atoms with Crippen molar-refractivity contribution in [2.75, 3.05) is 17.2 Å². The molecule has 8 heteroatoms. The Balaban J connectivity index is 1.92. The van der Waals surface area contributed by atoms with Crippen molar-refractivity contribution in [2.45, 2.75) is 6.36 Å². The predicted octanol–water partition coefficient (Wildman–Crippen LogP) is 3.51. The van der Waals surface area contributed by atoms with Gasteiger partial charge in [0, 0.05) is 17.4 Å². The number of alkyl halides is 3. The van der Waals surface area contributed by atoms with E-state index in [-0.39, 0.29) is 12.3 Å². The number of halogens is 3. The number of carbonyl (C=O) groups excluding carboxylic acids is 1. The lowest BCUT2D eigenvalue weighted by Gasteiger charge is -2.11. The minimum Gasteiger partial charge on any atom is -0.406 e. The van der Waals surface area contributed by atoms with Crippen LogP contribution >= 0.6 is 0 Å². The van der Waals surface area contributed by atoms with Crippen LogP contribution in [0.5, 0.6) is 5.75 Å². The molecule has 0 heterocycles. The topological polar surface area (TPSA) is 74.2 Å². The van der Waals surface area contributed by atoms with Crippen LogP contribution in [0.2, 0.25) is 0 Å². The SMILES string of the molecule is N#Cc1cccc(NC(=O)CNc2cccc(OC(F)(F)F)c2)c1. The van der Waals surface area contributed by atoms with E-state index in [1.54, 1.807) is 18.2 Å². The van der Waals surface area contributed by atoms with Gasteiger partial charge in [-0.25, -0.2) is 0 Å². The number of hydrogen-bond donors (Lipinski definition) is 2. The summed E-state index contributed by atoms with van der Waals surface area (Å²) in [6, 6.07) is 13.5. The molecule has 2 rings (SSSR count). The largest absolute Gasteiger partial charge is 0.573 e. The second-order valence-electron chi connectivity index (χ2n) is 4.67. The third-order valence-electron chi connectivity index (χ3n) is 2.80. The van der Waals surface area contributed by atoms with Crippen molar-refractivity contribution in [3.63, 3.8) is 0 Å². The third kappa shape index (κ3) is 5.53. The summed E-state index contributed by atoms with van der Waals surface area (Å²) in [5.41, 5.74) is 1.16. The molecule has 0 aromatic heterocycles. The fourth-order valence-electron chi connectivity index (χ4n) is 1.86. The lowest BCUT2D eigenvalue weighted by Crippen LogP contribution is -2.22. The number of carbonyl (C=O) groups is 1. The summed E-state index contributed by atoms with van der Waals surface area (Å²) in [6.07, 6.45) is -4.78. The highest BCUT2D eigenvalue weighted by atomic mass is 19.4. The van der Waals surface area contributed by atoms with Crippen molar-refractivity contribution in [1.29, 1.82) is 5.26 Å². The van der Waals surface area contributed by atoms with E-state index in [2.05, 4.69) is 15.4 Å². The van der Waals surface area contributed by atoms with Crippen LogP contribution in [0.4, 0.5) is 24.5 Å². The molecule has 24 heavy (non-hydrogen) atoms. The number of ether oxygens (including phenoxy) is 1. The Morgan fingerprint density at radius 1 is 1.12 bits per heavy atom. The highest BCUT2D eigenvalue weighted by molar-refractivity contribution is 5.93. The Bertz CT molecular complexity index is 770. The van der Waals surface area contributed by atoms with Crippen LogP contribution in [0.15, 0.2) is 48.5 Å². The minimum absolute atomic E-state index is 0.160. The first-order valence-corrected chi connectivity index (χ1v) is 6.75. The Morgan fingerprint density at radius 3 is 2.54 bits per heavy atom. The molecule has 5 nitrogen and oxygen atoms in total. The van der Waals surface area contributed by atoms with E-state index in [1.807, 2.05) is 6.07 Å². The summed E-state index contributed by atoms with van der Waals surface area (Å²) in [6.45, 7) is -0.160. The highest BCUT2D eigenvalue weighted by Crippen LogP contribution is 2.24. The maximum Gasteiger partial charge on any atom is 0.573 e. The number of benzene rings is 2. The van der Waals surface area contributed by atoms with Crippen LogP contribution in [0, 0.1) is 11.3 Å². The summed E-state index contributed by atoms with van der Waals surface area (Å²) in [7, 11) is 0. The Hall–Kier alpha value is -3.21. The number of nitrogens with zero attached hydrogens (tertiary/aromatic N) is 1. The zero-order valence-electron chi connectivity index (χ0n) is 12.2. The van der Waals surface area contributed by atoms with Crippen LogP contribution in [-0.2, 0) is 4.79 Å². The van der Waals surface area contributed by atoms with Crippen molar-refractivity contribution in [1.82, 2.24) is 0 Å². The minimum atomic E-state index is -4.78. The van der Waals surface area contributed by atoms with Gasteiger partial charge < -0.3 is 15.4 Å². The number of anilines is 2. The molecule has 0 aliphatic heterocycles. The molecule has 0 radical (unpaired) electrons. The van der Waals surface area contributed by atoms with Crippen LogP contribution in [0.3, 0.4) is 0 Å². The van der Waals surface area contributed by atoms with Crippen LogP contribution in [-0.4, -0.2) is 18.8 Å². The second-order valence-corrected chi connectivity index (χ2v) is 4.67. The number of hydrogen-bond acceptors (Lipinski definition) is 4. The molecule has 0 atom stereocenters. The average Bonchev–Trinajstić information content (AvgIpc) is 2.52. The summed E-state index contributed by atoms with van der Waals surface area (Å²) >= 11 is 0. The molecule has 0 aliphatic carbocycles. The van der Waals surface area contributed by atoms with Crippen LogP contribution < -0.4 is 15.4 Å². The zero-order chi connectivity index (χ0) is 17.6. The first kappa shape index (κ1) is 17.1. The molecule has 0 aliphatic rings. The molecular weight excluding hydrogens is 323 g/mol. The van der Waals surface area contributed by atoms with Gasteiger partial charge >= 0.3 is 6.36 Å². The van der Waals surface area contributed by atoms with Gasteiger partial charge in [-0.3, -0.25) is 4.79 Å². The van der Waals surface area contributed by atoms with Gasteiger partial charge in [0.15, 0.2) is 0 Å². The highest BCUT2D eigenvalue weighted by Gasteiger charge is 2.31. The molecule has 2 aromatic rings. The Morgan fingerprint density at radius 2 is 1.83 bits per heavy atom. The van der Waals surface area contributed by atoms with E-state index in [0.29, 0.717) is 16.9 Å². The standard InChI is InChI=1S/C16H12F3N3O2/c17-16(18,19)24-14-6-2-4-12(8-14)21-10-15(23)22-13-5-1-3-11(7-13)9-20/h1-8,21H,10H2,(H,22,23). The molecule has 0 spiro atoms. The molecular formula is C16H12F3N3O2. The molecule has 0 fully saturated rings. The van der Waals surface area contributed by atoms with E-state index in [1.165, 1.54) is 18.2 Å². The summed E-state index contributed by atoms with van der Waals surface area (Å²) in [4.78, 5) is 11.8. The second kappa shape index (κ2) is 7.37. The Kier molecular flexibility index (Phi) is 5.27. The fourth-order valence-corrected chi connectivity index (χ4v) is 1.86. The summed E-state index contributed by atoms with van der Waals surface area (Å²) in [5, 5.41) is 14.1. The first-order valence-electron chi connectivity index (χ1n) is 6.75. The number of nitrogens with one attached hydrogen (secondary N) is 2. The van der Waals surface area contributed by atoms with Gasteiger partial charge in [-0.15, -0.1) is 13.2 Å². The van der Waals surface area contributed by atoms with E-state index in [9.17, 15) is 18.0 Å². The van der Waals surface area contributed by atoms with E-state index in [0.717, 1.165) is 12.1 Å². The van der Waals surface area contributed by atoms with Gasteiger partial charge in [-0.05, 0) is 30.3 Å². The van der Waals surface area contributed by atoms with Gasteiger partial charge in [-0.2, -0.15) is 5.26 Å². The lowest BCUT2D eigenvalue weighted by molar-refractivity contribution is -0.274. The predicted molar refractivity (Wildman–Crippen MR) is 81.4 cm³/mol. The van der Waals surface area contributed by atoms with Crippen LogP contribution in [0.25, 0.3) is 0 Å². The summed E-state index contributed by atoms with van der Waals surface area (Å²) in [5.74, 6) is -0.790. The van der Waals surface area contributed by atoms with Gasteiger partial charge in [0.2, 0.25) is 5.91 Å². The van der Waals surface area contributed by atoms with Gasteiger partial charge in [0.1, 0.15) is 5.75 Å². The third-order valence-corrected chi connectivity index (χ3v) is 2.80. The van der Waals surface area contributed by atoms with Crippen molar-refractivity contribution in [3.05, 3.63) is 54.1 Å². The average molecular weight is 335 g/mol. The lowest BCUT2D eigenvalue weighted by atomic mass is 10.2. The quantitative estimate of drug-likeness (QED) is 0.877. The van der Waals surface area contributed by atoms with Crippen molar-refractivity contribution in [3.8, 4) is 11.8 Å². The van der Waals surface area contributed by atoms with Gasteiger partial charge in [0.05, 0.1) is 18.2 Å². The molecule has 0 bridgehead atoms. The van der Waals surface area contributed by atoms with Crippen molar-refractivity contribution < 1.29 is 22.7 Å². The van der Waals surface area contributed by atoms with Crippen molar-refractivity contribution in [2.24, 2.45) is 0 Å². The fraction of sp³-hybridized carbons (Fsp3) is 0.125. The monoisotopic (exact) mass is 335 g/mol. The molecule has 1 amide bonds. The smallest absolute Gasteiger partial charge is 0.406 e. The maximum absolute atomic E-state index is 12.2. The molecule has 0 unspecified atom stereocenters. The normalized spacial score (nSPS) is 10.6. The van der Waals surface area contributed by atoms with Crippen molar-refractivity contribution >= 4 is 17.3 Å². The Labute approximate surface area is 135 Å². The molecule has 0 saturated heterocycles.